The molecule has 3 rings (SSSR count). The van der Waals surface area contributed by atoms with Gasteiger partial charge in [0, 0.05) is 44.4 Å². The van der Waals surface area contributed by atoms with Gasteiger partial charge in [-0.25, -0.2) is 9.37 Å². The number of benzene rings is 1. The van der Waals surface area contributed by atoms with Crippen molar-refractivity contribution in [2.75, 3.05) is 45.2 Å². The molecule has 0 radical (unpaired) electrons. The summed E-state index contributed by atoms with van der Waals surface area (Å²) in [6, 6.07) is 7.47. The second-order valence-electron chi connectivity index (χ2n) is 9.13. The number of nitrogens with zero attached hydrogens (tertiary/aromatic N) is 4. The van der Waals surface area contributed by atoms with Crippen molar-refractivity contribution >= 4 is 11.9 Å². The van der Waals surface area contributed by atoms with E-state index >= 15 is 0 Å². The van der Waals surface area contributed by atoms with E-state index in [4.69, 9.17) is 4.74 Å². The summed E-state index contributed by atoms with van der Waals surface area (Å²) in [7, 11) is 4.09. The van der Waals surface area contributed by atoms with E-state index in [-0.39, 0.29) is 23.1 Å². The monoisotopic (exact) mass is 429 g/mol. The smallest absolute Gasteiger partial charge is 0.228 e. The Morgan fingerprint density at radius 2 is 1.90 bits per heavy atom. The zero-order valence-corrected chi connectivity index (χ0v) is 18.8. The fourth-order valence-corrected chi connectivity index (χ4v) is 3.89. The lowest BCUT2D eigenvalue weighted by molar-refractivity contribution is -0.126. The minimum atomic E-state index is -0.316. The first-order chi connectivity index (χ1) is 14.7. The van der Waals surface area contributed by atoms with Crippen LogP contribution in [0, 0.1) is 17.2 Å². The normalized spacial score (nSPS) is 15.2. The second-order valence-corrected chi connectivity index (χ2v) is 9.13. The van der Waals surface area contributed by atoms with Crippen LogP contribution in [0.1, 0.15) is 26.7 Å². The topological polar surface area (TPSA) is 70.6 Å². The van der Waals surface area contributed by atoms with Crippen LogP contribution in [0.15, 0.2) is 36.5 Å². The molecular formula is C23H32FN5O2. The number of ether oxygens (including phenoxy) is 1. The predicted molar refractivity (Wildman–Crippen MR) is 119 cm³/mol. The van der Waals surface area contributed by atoms with E-state index in [1.807, 2.05) is 14.1 Å². The highest BCUT2D eigenvalue weighted by Gasteiger charge is 2.28. The van der Waals surface area contributed by atoms with Crippen LogP contribution in [0.3, 0.4) is 0 Å². The van der Waals surface area contributed by atoms with Crippen molar-refractivity contribution in [3.05, 3.63) is 42.3 Å². The Kier molecular flexibility index (Phi) is 7.43. The number of rotatable bonds is 8. The number of anilines is 1. The number of nitrogens with one attached hydrogen (secondary N) is 1. The third-order valence-corrected chi connectivity index (χ3v) is 5.29. The fraction of sp³-hybridized carbons (Fsp3) is 0.522. The standard InChI is InChI=1S/C23H32FN5O2/c1-23(2,16-28(3)4)15-26-21(30)17-10-13-29(14-11-17)22-25-12-9-20(27-22)31-19-7-5-18(24)6-8-19/h5-9,12,17H,10-11,13-16H2,1-4H3,(H,26,30). The van der Waals surface area contributed by atoms with Gasteiger partial charge in [-0.15, -0.1) is 0 Å². The van der Waals surface area contributed by atoms with Crippen LogP contribution in [-0.4, -0.2) is 61.0 Å². The Morgan fingerprint density at radius 1 is 1.23 bits per heavy atom. The summed E-state index contributed by atoms with van der Waals surface area (Å²) < 4.78 is 18.8. The van der Waals surface area contributed by atoms with Crippen molar-refractivity contribution in [3.63, 3.8) is 0 Å². The molecule has 0 saturated carbocycles. The van der Waals surface area contributed by atoms with E-state index in [1.54, 1.807) is 24.4 Å². The molecule has 0 bridgehead atoms. The van der Waals surface area contributed by atoms with E-state index in [0.29, 0.717) is 37.2 Å². The minimum absolute atomic E-state index is 0.00468. The average molecular weight is 430 g/mol. The van der Waals surface area contributed by atoms with Crippen molar-refractivity contribution in [1.29, 1.82) is 0 Å². The first kappa shape index (κ1) is 22.9. The van der Waals surface area contributed by atoms with Crippen LogP contribution in [0.5, 0.6) is 11.6 Å². The van der Waals surface area contributed by atoms with Crippen molar-refractivity contribution < 1.29 is 13.9 Å². The van der Waals surface area contributed by atoms with E-state index in [2.05, 4.69) is 38.9 Å². The number of carbonyl (C=O) groups excluding carboxylic acids is 1. The van der Waals surface area contributed by atoms with Crippen LogP contribution in [0.25, 0.3) is 0 Å². The highest BCUT2D eigenvalue weighted by atomic mass is 19.1. The Morgan fingerprint density at radius 3 is 2.55 bits per heavy atom. The highest BCUT2D eigenvalue weighted by molar-refractivity contribution is 5.79. The summed E-state index contributed by atoms with van der Waals surface area (Å²) >= 11 is 0. The molecule has 7 nitrogen and oxygen atoms in total. The van der Waals surface area contributed by atoms with Crippen molar-refractivity contribution in [1.82, 2.24) is 20.2 Å². The Labute approximate surface area is 183 Å². The molecule has 1 saturated heterocycles. The van der Waals surface area contributed by atoms with Gasteiger partial charge < -0.3 is 19.9 Å². The Hall–Kier alpha value is -2.74. The number of hydrogen-bond acceptors (Lipinski definition) is 6. The van der Waals surface area contributed by atoms with Crippen LogP contribution in [0.4, 0.5) is 10.3 Å². The van der Waals surface area contributed by atoms with E-state index < -0.39 is 0 Å². The van der Waals surface area contributed by atoms with Gasteiger partial charge in [0.05, 0.1) is 0 Å². The first-order valence-electron chi connectivity index (χ1n) is 10.7. The lowest BCUT2D eigenvalue weighted by Crippen LogP contribution is -2.45. The zero-order chi connectivity index (χ0) is 22.4. The maximum absolute atomic E-state index is 13.1. The van der Waals surface area contributed by atoms with E-state index in [1.165, 1.54) is 12.1 Å². The number of amides is 1. The molecule has 0 aliphatic carbocycles. The van der Waals surface area contributed by atoms with Crippen LogP contribution in [0.2, 0.25) is 0 Å². The van der Waals surface area contributed by atoms with E-state index in [0.717, 1.165) is 19.4 Å². The number of aromatic nitrogens is 2. The molecule has 1 aromatic carbocycles. The molecule has 8 heteroatoms. The van der Waals surface area contributed by atoms with Crippen LogP contribution >= 0.6 is 0 Å². The third kappa shape index (κ3) is 6.89. The van der Waals surface area contributed by atoms with E-state index in [9.17, 15) is 9.18 Å². The molecule has 1 aliphatic heterocycles. The summed E-state index contributed by atoms with van der Waals surface area (Å²) in [5, 5.41) is 3.13. The van der Waals surface area contributed by atoms with Gasteiger partial charge in [0.15, 0.2) is 0 Å². The third-order valence-electron chi connectivity index (χ3n) is 5.29. The Bertz CT molecular complexity index is 865. The molecule has 1 N–H and O–H groups in total. The number of halogens is 1. The highest BCUT2D eigenvalue weighted by Crippen LogP contribution is 2.25. The molecule has 31 heavy (non-hydrogen) atoms. The van der Waals surface area contributed by atoms with Crippen LogP contribution < -0.4 is 15.0 Å². The SMILES string of the molecule is CN(C)CC(C)(C)CNC(=O)C1CCN(c2nccc(Oc3ccc(F)cc3)n2)CC1. The van der Waals surface area contributed by atoms with Gasteiger partial charge in [-0.05, 0) is 56.6 Å². The lowest BCUT2D eigenvalue weighted by Gasteiger charge is -2.33. The second kappa shape index (κ2) is 10.0. The maximum Gasteiger partial charge on any atom is 0.228 e. The Balaban J connectivity index is 1.51. The molecule has 1 aliphatic rings. The molecule has 0 spiro atoms. The summed E-state index contributed by atoms with van der Waals surface area (Å²) in [5.74, 6) is 1.30. The average Bonchev–Trinajstić information content (AvgIpc) is 2.73. The molecule has 168 valence electrons. The van der Waals surface area contributed by atoms with Gasteiger partial charge in [-0.3, -0.25) is 4.79 Å². The molecule has 2 aromatic rings. The summed E-state index contributed by atoms with van der Waals surface area (Å²) in [6.45, 7) is 7.32. The zero-order valence-electron chi connectivity index (χ0n) is 18.8. The van der Waals surface area contributed by atoms with Crippen LogP contribution in [-0.2, 0) is 4.79 Å². The first-order valence-corrected chi connectivity index (χ1v) is 10.7. The van der Waals surface area contributed by atoms with Crippen molar-refractivity contribution in [3.8, 4) is 11.6 Å². The number of carbonyl (C=O) groups is 1. The number of hydrogen-bond donors (Lipinski definition) is 1. The number of piperidine rings is 1. The lowest BCUT2D eigenvalue weighted by atomic mass is 9.91. The van der Waals surface area contributed by atoms with Gasteiger partial charge in [0.2, 0.25) is 17.7 Å². The summed E-state index contributed by atoms with van der Waals surface area (Å²) in [4.78, 5) is 25.7. The maximum atomic E-state index is 13.1. The fourth-order valence-electron chi connectivity index (χ4n) is 3.89. The molecule has 1 aromatic heterocycles. The van der Waals surface area contributed by atoms with Gasteiger partial charge in [0.1, 0.15) is 11.6 Å². The molecule has 1 amide bonds. The predicted octanol–water partition coefficient (Wildman–Crippen LogP) is 3.33. The summed E-state index contributed by atoms with van der Waals surface area (Å²) in [6.07, 6.45) is 3.16. The van der Waals surface area contributed by atoms with Crippen molar-refractivity contribution in [2.45, 2.75) is 26.7 Å². The molecule has 1 fully saturated rings. The van der Waals surface area contributed by atoms with Gasteiger partial charge >= 0.3 is 0 Å². The molecule has 0 unspecified atom stereocenters. The molecule has 2 heterocycles. The molecular weight excluding hydrogens is 397 g/mol. The van der Waals surface area contributed by atoms with Crippen molar-refractivity contribution in [2.24, 2.45) is 11.3 Å². The summed E-state index contributed by atoms with van der Waals surface area (Å²) in [5.41, 5.74) is 0.0265. The largest absolute Gasteiger partial charge is 0.439 e. The van der Waals surface area contributed by atoms with Gasteiger partial charge in [-0.1, -0.05) is 13.8 Å². The van der Waals surface area contributed by atoms with Gasteiger partial charge in [0.25, 0.3) is 0 Å². The van der Waals surface area contributed by atoms with Gasteiger partial charge in [-0.2, -0.15) is 4.98 Å². The minimum Gasteiger partial charge on any atom is -0.439 e. The molecule has 0 atom stereocenters. The quantitative estimate of drug-likeness (QED) is 0.694.